The Bertz CT molecular complexity index is 584. The van der Waals surface area contributed by atoms with Crippen LogP contribution in [-0.2, 0) is 0 Å². The normalized spacial score (nSPS) is 14.7. The molecule has 106 valence electrons. The summed E-state index contributed by atoms with van der Waals surface area (Å²) in [6, 6.07) is 3.99. The molecule has 0 radical (unpaired) electrons. The maximum atomic E-state index is 12.1. The summed E-state index contributed by atoms with van der Waals surface area (Å²) in [6.45, 7) is 3.25. The number of carbonyl (C=O) groups excluding carboxylic acids is 1. The van der Waals surface area contributed by atoms with Gasteiger partial charge in [0.1, 0.15) is 0 Å². The second-order valence-electron chi connectivity index (χ2n) is 4.71. The number of nitrogens with one attached hydrogen (secondary N) is 1. The van der Waals surface area contributed by atoms with Gasteiger partial charge in [-0.1, -0.05) is 23.3 Å². The quantitative estimate of drug-likeness (QED) is 0.823. The summed E-state index contributed by atoms with van der Waals surface area (Å²) in [6.07, 6.45) is 2.85. The van der Waals surface area contributed by atoms with Crippen LogP contribution in [0, 0.1) is 0 Å². The second kappa shape index (κ2) is 5.96. The predicted molar refractivity (Wildman–Crippen MR) is 77.4 cm³/mol. The lowest BCUT2D eigenvalue weighted by molar-refractivity contribution is 0.0697. The lowest BCUT2D eigenvalue weighted by Gasteiger charge is -2.25. The fourth-order valence-corrected chi connectivity index (χ4v) is 2.18. The van der Waals surface area contributed by atoms with Gasteiger partial charge in [-0.05, 0) is 31.5 Å². The van der Waals surface area contributed by atoms with Gasteiger partial charge >= 0.3 is 12.0 Å². The van der Waals surface area contributed by atoms with Gasteiger partial charge in [0.05, 0.1) is 5.56 Å². The van der Waals surface area contributed by atoms with Crippen LogP contribution in [0.25, 0.3) is 0 Å². The highest BCUT2D eigenvalue weighted by molar-refractivity contribution is 6.31. The van der Waals surface area contributed by atoms with Crippen LogP contribution in [0.3, 0.4) is 0 Å². The van der Waals surface area contributed by atoms with Crippen LogP contribution in [0.5, 0.6) is 0 Å². The molecule has 2 rings (SSSR count). The van der Waals surface area contributed by atoms with Gasteiger partial charge in [-0.2, -0.15) is 0 Å². The van der Waals surface area contributed by atoms with Gasteiger partial charge in [-0.15, -0.1) is 0 Å². The van der Waals surface area contributed by atoms with Crippen LogP contribution in [-0.4, -0.2) is 35.1 Å². The molecule has 1 aliphatic heterocycles. The third kappa shape index (κ3) is 3.51. The van der Waals surface area contributed by atoms with Crippen LogP contribution in [0.1, 0.15) is 23.7 Å². The third-order valence-electron chi connectivity index (χ3n) is 3.12. The number of halogens is 1. The maximum absolute atomic E-state index is 12.1. The molecule has 1 aliphatic rings. The van der Waals surface area contributed by atoms with E-state index in [2.05, 4.69) is 5.32 Å². The second-order valence-corrected chi connectivity index (χ2v) is 5.15. The summed E-state index contributed by atoms with van der Waals surface area (Å²) in [5, 5.41) is 11.9. The molecule has 0 bridgehead atoms. The van der Waals surface area contributed by atoms with E-state index in [9.17, 15) is 9.59 Å². The van der Waals surface area contributed by atoms with Crippen LogP contribution < -0.4 is 5.32 Å². The number of hydrogen-bond acceptors (Lipinski definition) is 2. The molecular weight excluding hydrogens is 280 g/mol. The smallest absolute Gasteiger partial charge is 0.335 e. The molecule has 20 heavy (non-hydrogen) atoms. The number of carboxylic acid groups (broad SMARTS) is 1. The topological polar surface area (TPSA) is 69.6 Å². The number of hydrogen-bond donors (Lipinski definition) is 2. The van der Waals surface area contributed by atoms with Crippen LogP contribution in [0.4, 0.5) is 10.5 Å². The first-order chi connectivity index (χ1) is 9.45. The number of amides is 2. The average molecular weight is 295 g/mol. The van der Waals surface area contributed by atoms with Crippen molar-refractivity contribution in [1.29, 1.82) is 0 Å². The molecule has 1 aromatic rings. The lowest BCUT2D eigenvalue weighted by atomic mass is 10.1. The fraction of sp³-hybridized carbons (Fsp3) is 0.286. The summed E-state index contributed by atoms with van der Waals surface area (Å²) in [4.78, 5) is 24.7. The molecule has 2 amide bonds. The SMILES string of the molecule is CC1=CCN(C(=O)Nc2cc(Cl)cc(C(=O)O)c2)CC1. The van der Waals surface area contributed by atoms with E-state index in [4.69, 9.17) is 16.7 Å². The largest absolute Gasteiger partial charge is 0.478 e. The van der Waals surface area contributed by atoms with E-state index in [0.717, 1.165) is 6.42 Å². The molecule has 0 saturated carbocycles. The van der Waals surface area contributed by atoms with Crippen molar-refractivity contribution in [2.75, 3.05) is 18.4 Å². The Morgan fingerprint density at radius 1 is 1.35 bits per heavy atom. The van der Waals surface area contributed by atoms with Gasteiger partial charge in [0.25, 0.3) is 0 Å². The highest BCUT2D eigenvalue weighted by Crippen LogP contribution is 2.20. The van der Waals surface area contributed by atoms with Gasteiger partial charge in [0.15, 0.2) is 0 Å². The van der Waals surface area contributed by atoms with Crippen molar-refractivity contribution >= 4 is 29.3 Å². The summed E-state index contributed by atoms with van der Waals surface area (Å²) in [5.74, 6) is -1.08. The standard InChI is InChI=1S/C14H15ClN2O3/c1-9-2-4-17(5-3-9)14(20)16-12-7-10(13(18)19)6-11(15)8-12/h2,6-8H,3-5H2,1H3,(H,16,20)(H,18,19). The Labute approximate surface area is 121 Å². The molecule has 5 nitrogen and oxygen atoms in total. The van der Waals surface area contributed by atoms with Crippen molar-refractivity contribution in [3.8, 4) is 0 Å². The Kier molecular flexibility index (Phi) is 4.29. The molecule has 0 atom stereocenters. The predicted octanol–water partition coefficient (Wildman–Crippen LogP) is 3.22. The highest BCUT2D eigenvalue weighted by atomic mass is 35.5. The fourth-order valence-electron chi connectivity index (χ4n) is 1.94. The molecule has 2 N–H and O–H groups in total. The van der Waals surface area contributed by atoms with Crippen molar-refractivity contribution in [3.63, 3.8) is 0 Å². The molecule has 0 saturated heterocycles. The molecule has 1 aromatic carbocycles. The molecule has 6 heteroatoms. The monoisotopic (exact) mass is 294 g/mol. The minimum Gasteiger partial charge on any atom is -0.478 e. The van der Waals surface area contributed by atoms with Gasteiger partial charge in [-0.3, -0.25) is 0 Å². The number of carbonyl (C=O) groups is 2. The molecule has 0 aliphatic carbocycles. The number of benzene rings is 1. The molecule has 0 aromatic heterocycles. The van der Waals surface area contributed by atoms with Crippen molar-refractivity contribution in [2.24, 2.45) is 0 Å². The van der Waals surface area contributed by atoms with E-state index in [1.54, 1.807) is 4.90 Å². The summed E-state index contributed by atoms with van der Waals surface area (Å²) >= 11 is 5.84. The first kappa shape index (κ1) is 14.4. The van der Waals surface area contributed by atoms with Crippen molar-refractivity contribution in [2.45, 2.75) is 13.3 Å². The lowest BCUT2D eigenvalue weighted by Crippen LogP contribution is -2.37. The number of rotatable bonds is 2. The molecule has 0 unspecified atom stereocenters. The number of anilines is 1. The van der Waals surface area contributed by atoms with Crippen LogP contribution in [0.2, 0.25) is 5.02 Å². The number of aromatic carboxylic acids is 1. The summed E-state index contributed by atoms with van der Waals surface area (Å²) in [5.41, 5.74) is 1.69. The van der Waals surface area contributed by atoms with Gasteiger partial charge in [-0.25, -0.2) is 9.59 Å². The number of nitrogens with zero attached hydrogens (tertiary/aromatic N) is 1. The Morgan fingerprint density at radius 3 is 2.70 bits per heavy atom. The van der Waals surface area contributed by atoms with Gasteiger partial charge < -0.3 is 15.3 Å². The minimum atomic E-state index is -1.08. The first-order valence-electron chi connectivity index (χ1n) is 6.21. The summed E-state index contributed by atoms with van der Waals surface area (Å²) in [7, 11) is 0. The zero-order chi connectivity index (χ0) is 14.7. The minimum absolute atomic E-state index is 0.0437. The van der Waals surface area contributed by atoms with Crippen molar-refractivity contribution < 1.29 is 14.7 Å². The third-order valence-corrected chi connectivity index (χ3v) is 3.34. The molecule has 1 heterocycles. The zero-order valence-corrected chi connectivity index (χ0v) is 11.8. The molecule has 0 spiro atoms. The Hall–Kier alpha value is -2.01. The first-order valence-corrected chi connectivity index (χ1v) is 6.59. The van der Waals surface area contributed by atoms with Gasteiger partial charge in [0.2, 0.25) is 0 Å². The van der Waals surface area contributed by atoms with Gasteiger partial charge in [0, 0.05) is 23.8 Å². The van der Waals surface area contributed by atoms with E-state index in [1.165, 1.54) is 23.8 Å². The van der Waals surface area contributed by atoms with E-state index < -0.39 is 5.97 Å². The average Bonchev–Trinajstić information content (AvgIpc) is 2.38. The van der Waals surface area contributed by atoms with E-state index in [1.807, 2.05) is 13.0 Å². The summed E-state index contributed by atoms with van der Waals surface area (Å²) < 4.78 is 0. The highest BCUT2D eigenvalue weighted by Gasteiger charge is 2.16. The number of urea groups is 1. The number of carboxylic acids is 1. The molecular formula is C14H15ClN2O3. The van der Waals surface area contributed by atoms with Crippen molar-refractivity contribution in [3.05, 3.63) is 40.4 Å². The van der Waals surface area contributed by atoms with E-state index in [-0.39, 0.29) is 16.6 Å². The van der Waals surface area contributed by atoms with Crippen molar-refractivity contribution in [1.82, 2.24) is 4.90 Å². The van der Waals surface area contributed by atoms with E-state index in [0.29, 0.717) is 18.8 Å². The van der Waals surface area contributed by atoms with Crippen LogP contribution in [0.15, 0.2) is 29.8 Å². The Balaban J connectivity index is 2.10. The van der Waals surface area contributed by atoms with E-state index >= 15 is 0 Å². The Morgan fingerprint density at radius 2 is 2.10 bits per heavy atom. The molecule has 0 fully saturated rings. The van der Waals surface area contributed by atoms with Crippen LogP contribution >= 0.6 is 11.6 Å². The maximum Gasteiger partial charge on any atom is 0.335 e. The zero-order valence-electron chi connectivity index (χ0n) is 11.0.